The highest BCUT2D eigenvalue weighted by molar-refractivity contribution is 5.03. The van der Waals surface area contributed by atoms with E-state index < -0.39 is 0 Å². The zero-order chi connectivity index (χ0) is 9.97. The normalized spacial score (nSPS) is 38.4. The molecule has 0 amide bonds. The van der Waals surface area contributed by atoms with Crippen LogP contribution in [0, 0.1) is 17.2 Å². The molecule has 2 rings (SSSR count). The molecule has 0 spiro atoms. The quantitative estimate of drug-likeness (QED) is 0.593. The summed E-state index contributed by atoms with van der Waals surface area (Å²) in [5, 5.41) is 9.07. The molecule has 0 radical (unpaired) electrons. The molecule has 0 saturated carbocycles. The molecule has 3 atom stereocenters. The lowest BCUT2D eigenvalue weighted by atomic mass is 9.81. The van der Waals surface area contributed by atoms with Crippen LogP contribution in [0.4, 0.5) is 0 Å². The van der Waals surface area contributed by atoms with Gasteiger partial charge in [-0.05, 0) is 44.6 Å². The highest BCUT2D eigenvalue weighted by atomic mass is 15.2. The van der Waals surface area contributed by atoms with Crippen molar-refractivity contribution in [3.8, 4) is 6.07 Å². The molecule has 2 aliphatic heterocycles. The van der Waals surface area contributed by atoms with E-state index in [0.717, 1.165) is 13.0 Å². The Morgan fingerprint density at radius 3 is 2.86 bits per heavy atom. The van der Waals surface area contributed by atoms with Gasteiger partial charge in [0.1, 0.15) is 0 Å². The molecule has 0 bridgehead atoms. The van der Waals surface area contributed by atoms with Crippen LogP contribution in [0.2, 0.25) is 0 Å². The van der Waals surface area contributed by atoms with E-state index in [1.54, 1.807) is 0 Å². The summed E-state index contributed by atoms with van der Waals surface area (Å²) in [6, 6.07) is 3.23. The van der Waals surface area contributed by atoms with Crippen molar-refractivity contribution in [1.82, 2.24) is 4.90 Å². The van der Waals surface area contributed by atoms with Crippen molar-refractivity contribution in [2.24, 2.45) is 5.92 Å². The number of hydrogen-bond donors (Lipinski definition) is 0. The Morgan fingerprint density at radius 1 is 1.29 bits per heavy atom. The van der Waals surface area contributed by atoms with Gasteiger partial charge in [-0.1, -0.05) is 6.08 Å². The molecule has 2 nitrogen and oxygen atoms in total. The van der Waals surface area contributed by atoms with Gasteiger partial charge >= 0.3 is 0 Å². The second-order valence-corrected chi connectivity index (χ2v) is 4.42. The molecule has 76 valence electrons. The predicted octanol–water partition coefficient (Wildman–Crippen LogP) is 2.33. The predicted molar refractivity (Wildman–Crippen MR) is 56.7 cm³/mol. The van der Waals surface area contributed by atoms with Crippen molar-refractivity contribution >= 4 is 0 Å². The van der Waals surface area contributed by atoms with Gasteiger partial charge in [0.15, 0.2) is 0 Å². The summed E-state index contributed by atoms with van der Waals surface area (Å²) in [5.41, 5.74) is 0. The summed E-state index contributed by atoms with van der Waals surface area (Å²) >= 11 is 0. The van der Waals surface area contributed by atoms with Crippen molar-refractivity contribution < 1.29 is 0 Å². The average Bonchev–Trinajstić information content (AvgIpc) is 2.27. The van der Waals surface area contributed by atoms with Crippen LogP contribution < -0.4 is 0 Å². The Kier molecular flexibility index (Phi) is 2.88. The van der Waals surface area contributed by atoms with E-state index in [9.17, 15) is 0 Å². The molecule has 0 unspecified atom stereocenters. The van der Waals surface area contributed by atoms with Crippen molar-refractivity contribution in [2.45, 2.75) is 44.2 Å². The molecule has 0 N–H and O–H groups in total. The van der Waals surface area contributed by atoms with E-state index in [1.165, 1.54) is 25.7 Å². The smallest absolute Gasteiger partial charge is 0.0980 e. The summed E-state index contributed by atoms with van der Waals surface area (Å²) in [5.74, 6) is 0.625. The first-order chi connectivity index (χ1) is 6.86. The van der Waals surface area contributed by atoms with Gasteiger partial charge < -0.3 is 0 Å². The third-order valence-corrected chi connectivity index (χ3v) is 3.70. The summed E-state index contributed by atoms with van der Waals surface area (Å²) in [6.45, 7) is 5.03. The minimum absolute atomic E-state index is 0.177. The van der Waals surface area contributed by atoms with Crippen LogP contribution >= 0.6 is 0 Å². The Morgan fingerprint density at radius 2 is 2.14 bits per heavy atom. The maximum Gasteiger partial charge on any atom is 0.0980 e. The summed E-state index contributed by atoms with van der Waals surface area (Å²) in [7, 11) is 0. The summed E-state index contributed by atoms with van der Waals surface area (Å²) in [4.78, 5) is 2.42. The average molecular weight is 190 g/mol. The fraction of sp³-hybridized carbons (Fsp3) is 0.750. The topological polar surface area (TPSA) is 27.0 Å². The highest BCUT2D eigenvalue weighted by Gasteiger charge is 2.36. The molecule has 0 aromatic carbocycles. The Bertz CT molecular complexity index is 254. The SMILES string of the molecule is C=C[C@@H]1CCCN2[C@H](C#N)CCC[C@@H]12. The van der Waals surface area contributed by atoms with Gasteiger partial charge in [-0.2, -0.15) is 5.26 Å². The fourth-order valence-electron chi connectivity index (χ4n) is 2.98. The van der Waals surface area contributed by atoms with Gasteiger partial charge in [-0.25, -0.2) is 0 Å². The van der Waals surface area contributed by atoms with Crippen LogP contribution in [0.25, 0.3) is 0 Å². The third-order valence-electron chi connectivity index (χ3n) is 3.70. The van der Waals surface area contributed by atoms with E-state index in [0.29, 0.717) is 12.0 Å². The summed E-state index contributed by atoms with van der Waals surface area (Å²) < 4.78 is 0. The molecule has 2 heteroatoms. The Hall–Kier alpha value is -0.810. The molecule has 2 heterocycles. The Labute approximate surface area is 86.2 Å². The van der Waals surface area contributed by atoms with Crippen LogP contribution in [-0.4, -0.2) is 23.5 Å². The standard InChI is InChI=1S/C12H18N2/c1-2-10-5-4-8-14-11(9-13)6-3-7-12(10)14/h2,10-12H,1,3-8H2/t10-,11+,12+/m1/s1. The van der Waals surface area contributed by atoms with E-state index in [-0.39, 0.29) is 6.04 Å². The second kappa shape index (κ2) is 4.14. The fourth-order valence-corrected chi connectivity index (χ4v) is 2.98. The van der Waals surface area contributed by atoms with Gasteiger partial charge in [-0.15, -0.1) is 6.58 Å². The highest BCUT2D eigenvalue weighted by Crippen LogP contribution is 2.34. The largest absolute Gasteiger partial charge is 0.284 e. The molecule has 14 heavy (non-hydrogen) atoms. The van der Waals surface area contributed by atoms with Gasteiger partial charge in [0.2, 0.25) is 0 Å². The van der Waals surface area contributed by atoms with Crippen LogP contribution in [0.1, 0.15) is 32.1 Å². The van der Waals surface area contributed by atoms with E-state index >= 15 is 0 Å². The lowest BCUT2D eigenvalue weighted by molar-refractivity contribution is 0.0512. The monoisotopic (exact) mass is 190 g/mol. The molecular weight excluding hydrogens is 172 g/mol. The first-order valence-corrected chi connectivity index (χ1v) is 5.64. The number of hydrogen-bond acceptors (Lipinski definition) is 2. The summed E-state index contributed by atoms with van der Waals surface area (Å²) in [6.07, 6.45) is 8.13. The van der Waals surface area contributed by atoms with Gasteiger partial charge in [0.25, 0.3) is 0 Å². The second-order valence-electron chi connectivity index (χ2n) is 4.42. The molecule has 2 fully saturated rings. The number of fused-ring (bicyclic) bond motifs is 1. The van der Waals surface area contributed by atoms with Crippen LogP contribution in [0.15, 0.2) is 12.7 Å². The van der Waals surface area contributed by atoms with E-state index in [1.807, 2.05) is 0 Å². The van der Waals surface area contributed by atoms with Crippen molar-refractivity contribution in [1.29, 1.82) is 5.26 Å². The van der Waals surface area contributed by atoms with Gasteiger partial charge in [0, 0.05) is 6.04 Å². The van der Waals surface area contributed by atoms with Crippen molar-refractivity contribution in [3.05, 3.63) is 12.7 Å². The van der Waals surface area contributed by atoms with Crippen molar-refractivity contribution in [3.63, 3.8) is 0 Å². The number of nitriles is 1. The zero-order valence-electron chi connectivity index (χ0n) is 8.65. The number of rotatable bonds is 1. The molecule has 0 aliphatic carbocycles. The maximum atomic E-state index is 9.07. The zero-order valence-corrected chi connectivity index (χ0v) is 8.65. The van der Waals surface area contributed by atoms with Crippen LogP contribution in [-0.2, 0) is 0 Å². The third kappa shape index (κ3) is 1.57. The molecular formula is C12H18N2. The maximum absolute atomic E-state index is 9.07. The minimum atomic E-state index is 0.177. The lowest BCUT2D eigenvalue weighted by Crippen LogP contribution is -2.52. The first kappa shape index (κ1) is 9.73. The molecule has 0 aromatic heterocycles. The number of piperidine rings is 2. The van der Waals surface area contributed by atoms with E-state index in [2.05, 4.69) is 23.6 Å². The van der Waals surface area contributed by atoms with Crippen LogP contribution in [0.3, 0.4) is 0 Å². The lowest BCUT2D eigenvalue weighted by Gasteiger charge is -2.45. The number of nitrogens with zero attached hydrogens (tertiary/aromatic N) is 2. The van der Waals surface area contributed by atoms with E-state index in [4.69, 9.17) is 5.26 Å². The van der Waals surface area contributed by atoms with Gasteiger partial charge in [0.05, 0.1) is 12.1 Å². The van der Waals surface area contributed by atoms with Gasteiger partial charge in [-0.3, -0.25) is 4.90 Å². The molecule has 0 aromatic rings. The van der Waals surface area contributed by atoms with Crippen molar-refractivity contribution in [2.75, 3.05) is 6.54 Å². The van der Waals surface area contributed by atoms with Crippen LogP contribution in [0.5, 0.6) is 0 Å². The first-order valence-electron chi connectivity index (χ1n) is 5.64. The molecule has 2 aliphatic rings. The molecule has 2 saturated heterocycles. The Balaban J connectivity index is 2.13. The minimum Gasteiger partial charge on any atom is -0.284 e.